The van der Waals surface area contributed by atoms with Crippen LogP contribution in [0.5, 0.6) is 17.2 Å². The number of ether oxygens (including phenoxy) is 3. The number of carbonyl (C=O) groups excluding carboxylic acids is 2. The van der Waals surface area contributed by atoms with Crippen molar-refractivity contribution in [1.82, 2.24) is 10.2 Å². The largest absolute Gasteiger partial charge is 0.497 e. The molecule has 0 saturated carbocycles. The van der Waals surface area contributed by atoms with E-state index in [4.69, 9.17) is 14.2 Å². The zero-order valence-electron chi connectivity index (χ0n) is 19.8. The molecule has 5 rings (SSSR count). The quantitative estimate of drug-likeness (QED) is 0.589. The lowest BCUT2D eigenvalue weighted by Gasteiger charge is -2.19. The van der Waals surface area contributed by atoms with E-state index < -0.39 is 0 Å². The lowest BCUT2D eigenvalue weighted by molar-refractivity contribution is -0.125. The minimum Gasteiger partial charge on any atom is -0.497 e. The van der Waals surface area contributed by atoms with Crippen LogP contribution in [0.3, 0.4) is 0 Å². The Morgan fingerprint density at radius 2 is 1.80 bits per heavy atom. The molecular formula is C28H28N2O5. The van der Waals surface area contributed by atoms with E-state index in [0.717, 1.165) is 22.4 Å². The number of carbonyl (C=O) groups is 2. The molecule has 35 heavy (non-hydrogen) atoms. The van der Waals surface area contributed by atoms with Crippen LogP contribution in [0.1, 0.15) is 33.0 Å². The third-order valence-electron chi connectivity index (χ3n) is 6.67. The number of nitrogens with one attached hydrogen (secondary N) is 1. The van der Waals surface area contributed by atoms with E-state index >= 15 is 0 Å². The summed E-state index contributed by atoms with van der Waals surface area (Å²) in [5.41, 5.74) is 3.62. The number of hydrogen-bond donors (Lipinski definition) is 1. The second kappa shape index (κ2) is 9.70. The van der Waals surface area contributed by atoms with Crippen molar-refractivity contribution in [3.8, 4) is 17.2 Å². The Labute approximate surface area is 204 Å². The molecular weight excluding hydrogens is 444 g/mol. The number of methoxy groups -OCH3 is 1. The molecule has 2 atom stereocenters. The molecule has 2 amide bonds. The van der Waals surface area contributed by atoms with Crippen LogP contribution in [0.25, 0.3) is 0 Å². The minimum atomic E-state index is -0.384. The van der Waals surface area contributed by atoms with Crippen LogP contribution in [-0.4, -0.2) is 43.7 Å². The predicted octanol–water partition coefficient (Wildman–Crippen LogP) is 3.90. The van der Waals surface area contributed by atoms with E-state index in [2.05, 4.69) is 5.32 Å². The summed E-state index contributed by atoms with van der Waals surface area (Å²) >= 11 is 0. The number of aryl methyl sites for hydroxylation is 1. The van der Waals surface area contributed by atoms with Crippen molar-refractivity contribution in [3.63, 3.8) is 0 Å². The molecule has 1 N–H and O–H groups in total. The fraction of sp³-hybridized carbons (Fsp3) is 0.286. The second-order valence-corrected chi connectivity index (χ2v) is 8.97. The molecule has 180 valence electrons. The Balaban J connectivity index is 1.35. The molecule has 2 aliphatic heterocycles. The van der Waals surface area contributed by atoms with Gasteiger partial charge in [0.25, 0.3) is 5.91 Å². The van der Waals surface area contributed by atoms with E-state index in [1.54, 1.807) is 12.0 Å². The highest BCUT2D eigenvalue weighted by Gasteiger charge is 2.40. The highest BCUT2D eigenvalue weighted by Crippen LogP contribution is 2.36. The number of hydrogen-bond acceptors (Lipinski definition) is 5. The standard InChI is InChI=1S/C28H28N2O5/c1-18-6-9-20(10-7-18)28(32)30-15-23(21-4-3-5-22(13-21)33-2)24(16-30)27(31)29-14-19-8-11-25-26(12-19)35-17-34-25/h3-13,23-24H,14-17H2,1-2H3,(H,29,31). The summed E-state index contributed by atoms with van der Waals surface area (Å²) in [5, 5.41) is 3.06. The van der Waals surface area contributed by atoms with Gasteiger partial charge in [-0.1, -0.05) is 35.9 Å². The topological polar surface area (TPSA) is 77.1 Å². The van der Waals surface area contributed by atoms with Crippen molar-refractivity contribution < 1.29 is 23.8 Å². The first-order chi connectivity index (χ1) is 17.0. The lowest BCUT2D eigenvalue weighted by Crippen LogP contribution is -2.35. The first kappa shape index (κ1) is 22.8. The molecule has 0 radical (unpaired) electrons. The van der Waals surface area contributed by atoms with Crippen molar-refractivity contribution in [1.29, 1.82) is 0 Å². The number of fused-ring (bicyclic) bond motifs is 1. The van der Waals surface area contributed by atoms with Crippen molar-refractivity contribution in [2.24, 2.45) is 5.92 Å². The summed E-state index contributed by atoms with van der Waals surface area (Å²) in [4.78, 5) is 28.4. The maximum atomic E-state index is 13.4. The summed E-state index contributed by atoms with van der Waals surface area (Å²) in [6.45, 7) is 3.37. The third-order valence-corrected chi connectivity index (χ3v) is 6.67. The summed E-state index contributed by atoms with van der Waals surface area (Å²) in [5.74, 6) is 1.44. The molecule has 1 fully saturated rings. The number of amides is 2. The molecule has 7 nitrogen and oxygen atoms in total. The van der Waals surface area contributed by atoms with Gasteiger partial charge in [0.05, 0.1) is 13.0 Å². The Morgan fingerprint density at radius 3 is 2.60 bits per heavy atom. The molecule has 0 bridgehead atoms. The lowest BCUT2D eigenvalue weighted by atomic mass is 9.88. The Bertz CT molecular complexity index is 1240. The van der Waals surface area contributed by atoms with Crippen molar-refractivity contribution in [2.45, 2.75) is 19.4 Å². The Morgan fingerprint density at radius 1 is 1.00 bits per heavy atom. The van der Waals surface area contributed by atoms with E-state index in [-0.39, 0.29) is 30.4 Å². The molecule has 0 aliphatic carbocycles. The average molecular weight is 473 g/mol. The SMILES string of the molecule is COc1cccc(C2CN(C(=O)c3ccc(C)cc3)CC2C(=O)NCc2ccc3c(c2)OCO3)c1. The highest BCUT2D eigenvalue weighted by molar-refractivity contribution is 5.95. The van der Waals surface area contributed by atoms with Crippen LogP contribution >= 0.6 is 0 Å². The van der Waals surface area contributed by atoms with Gasteiger partial charge in [0.15, 0.2) is 11.5 Å². The van der Waals surface area contributed by atoms with Gasteiger partial charge in [-0.2, -0.15) is 0 Å². The zero-order valence-corrected chi connectivity index (χ0v) is 19.8. The molecule has 0 spiro atoms. The monoisotopic (exact) mass is 472 g/mol. The number of rotatable bonds is 6. The van der Waals surface area contributed by atoms with Gasteiger partial charge >= 0.3 is 0 Å². The third kappa shape index (κ3) is 4.80. The maximum absolute atomic E-state index is 13.4. The van der Waals surface area contributed by atoms with Gasteiger partial charge in [-0.3, -0.25) is 9.59 Å². The average Bonchev–Trinajstić information content (AvgIpc) is 3.54. The van der Waals surface area contributed by atoms with Crippen LogP contribution in [0, 0.1) is 12.8 Å². The van der Waals surface area contributed by atoms with Crippen LogP contribution in [0.2, 0.25) is 0 Å². The van der Waals surface area contributed by atoms with Gasteiger partial charge < -0.3 is 24.4 Å². The van der Waals surface area contributed by atoms with Crippen molar-refractivity contribution in [2.75, 3.05) is 27.0 Å². The summed E-state index contributed by atoms with van der Waals surface area (Å²) in [6, 6.07) is 20.9. The Hall–Kier alpha value is -4.00. The van der Waals surface area contributed by atoms with Crippen LogP contribution in [-0.2, 0) is 11.3 Å². The molecule has 3 aromatic rings. The van der Waals surface area contributed by atoms with Gasteiger partial charge in [0.2, 0.25) is 12.7 Å². The van der Waals surface area contributed by atoms with Crippen LogP contribution in [0.4, 0.5) is 0 Å². The molecule has 2 heterocycles. The smallest absolute Gasteiger partial charge is 0.253 e. The molecule has 0 aromatic heterocycles. The maximum Gasteiger partial charge on any atom is 0.253 e. The molecule has 3 aromatic carbocycles. The highest BCUT2D eigenvalue weighted by atomic mass is 16.7. The van der Waals surface area contributed by atoms with E-state index in [1.807, 2.05) is 73.7 Å². The molecule has 1 saturated heterocycles. The Kier molecular flexibility index (Phi) is 6.31. The summed E-state index contributed by atoms with van der Waals surface area (Å²) in [7, 11) is 1.62. The number of nitrogens with zero attached hydrogens (tertiary/aromatic N) is 1. The normalized spacial score (nSPS) is 18.4. The van der Waals surface area contributed by atoms with Gasteiger partial charge in [0.1, 0.15) is 5.75 Å². The van der Waals surface area contributed by atoms with E-state index in [0.29, 0.717) is 36.7 Å². The summed E-state index contributed by atoms with van der Waals surface area (Å²) in [6.07, 6.45) is 0. The van der Waals surface area contributed by atoms with E-state index in [9.17, 15) is 9.59 Å². The minimum absolute atomic E-state index is 0.0658. The fourth-order valence-electron chi connectivity index (χ4n) is 4.70. The van der Waals surface area contributed by atoms with Crippen LogP contribution < -0.4 is 19.5 Å². The number of benzene rings is 3. The van der Waals surface area contributed by atoms with Crippen LogP contribution in [0.15, 0.2) is 66.7 Å². The molecule has 2 unspecified atom stereocenters. The van der Waals surface area contributed by atoms with E-state index in [1.165, 1.54) is 0 Å². The van der Waals surface area contributed by atoms with Gasteiger partial charge in [0, 0.05) is 31.1 Å². The van der Waals surface area contributed by atoms with Gasteiger partial charge in [-0.25, -0.2) is 0 Å². The summed E-state index contributed by atoms with van der Waals surface area (Å²) < 4.78 is 16.2. The zero-order chi connectivity index (χ0) is 24.4. The fourth-order valence-corrected chi connectivity index (χ4v) is 4.70. The van der Waals surface area contributed by atoms with Gasteiger partial charge in [-0.15, -0.1) is 0 Å². The van der Waals surface area contributed by atoms with Crippen molar-refractivity contribution in [3.05, 3.63) is 89.0 Å². The number of likely N-dealkylation sites (tertiary alicyclic amines) is 1. The predicted molar refractivity (Wildman–Crippen MR) is 131 cm³/mol. The molecule has 7 heteroatoms. The van der Waals surface area contributed by atoms with Gasteiger partial charge in [-0.05, 0) is 54.4 Å². The first-order valence-corrected chi connectivity index (χ1v) is 11.7. The molecule has 2 aliphatic rings. The van der Waals surface area contributed by atoms with Crippen molar-refractivity contribution >= 4 is 11.8 Å². The first-order valence-electron chi connectivity index (χ1n) is 11.7. The second-order valence-electron chi connectivity index (χ2n) is 8.97.